The van der Waals surface area contributed by atoms with E-state index in [1.807, 2.05) is 13.8 Å². The number of aromatic nitrogens is 2. The van der Waals surface area contributed by atoms with Crippen molar-refractivity contribution < 1.29 is 10.0 Å². The van der Waals surface area contributed by atoms with E-state index in [9.17, 15) is 15.2 Å². The molecule has 7 heteroatoms. The summed E-state index contributed by atoms with van der Waals surface area (Å²) in [5, 5.41) is 24.5. The van der Waals surface area contributed by atoms with Crippen molar-refractivity contribution in [2.24, 2.45) is 0 Å². The molecule has 0 saturated carbocycles. The summed E-state index contributed by atoms with van der Waals surface area (Å²) in [6, 6.07) is 1.55. The lowest BCUT2D eigenvalue weighted by Gasteiger charge is -2.33. The number of hydrogen-bond acceptors (Lipinski definition) is 5. The molecule has 0 radical (unpaired) electrons. The largest absolute Gasteiger partial charge is 0.389 e. The lowest BCUT2D eigenvalue weighted by Crippen LogP contribution is -2.46. The minimum absolute atomic E-state index is 0.125. The molecule has 19 heavy (non-hydrogen) atoms. The molecule has 1 aliphatic rings. The molecule has 0 aliphatic carbocycles. The molecule has 0 spiro atoms. The van der Waals surface area contributed by atoms with E-state index in [-0.39, 0.29) is 11.9 Å². The van der Waals surface area contributed by atoms with Crippen molar-refractivity contribution in [1.29, 1.82) is 0 Å². The molecule has 1 atom stereocenters. The van der Waals surface area contributed by atoms with E-state index >= 15 is 0 Å². The fourth-order valence-electron chi connectivity index (χ4n) is 2.70. The number of likely N-dealkylation sites (tertiary alicyclic amines) is 1. The van der Waals surface area contributed by atoms with E-state index in [2.05, 4.69) is 10.00 Å². The van der Waals surface area contributed by atoms with Crippen LogP contribution in [0.25, 0.3) is 0 Å². The highest BCUT2D eigenvalue weighted by Crippen LogP contribution is 2.26. The Morgan fingerprint density at radius 1 is 1.58 bits per heavy atom. The van der Waals surface area contributed by atoms with Gasteiger partial charge in [-0.2, -0.15) is 4.68 Å². The van der Waals surface area contributed by atoms with Crippen LogP contribution in [0.2, 0.25) is 0 Å². The highest BCUT2D eigenvalue weighted by Gasteiger charge is 2.35. The quantitative estimate of drug-likeness (QED) is 0.636. The standard InChI is InChI=1S/C12H20N4O3/c1-12(2,17)10-4-3-6-14(10)8-9-15-7-5-11(13-15)16(18)19/h5,7,10,17H,3-4,6,8-9H2,1-2H3. The van der Waals surface area contributed by atoms with E-state index in [1.165, 1.54) is 6.07 Å². The Bertz CT molecular complexity index is 452. The average Bonchev–Trinajstić information content (AvgIpc) is 2.94. The van der Waals surface area contributed by atoms with Gasteiger partial charge >= 0.3 is 5.82 Å². The van der Waals surface area contributed by atoms with Gasteiger partial charge in [-0.15, -0.1) is 0 Å². The molecule has 0 aromatic carbocycles. The van der Waals surface area contributed by atoms with Crippen molar-refractivity contribution in [3.05, 3.63) is 22.4 Å². The van der Waals surface area contributed by atoms with Crippen LogP contribution >= 0.6 is 0 Å². The third-order valence-electron chi connectivity index (χ3n) is 3.61. The molecule has 1 aromatic rings. The number of hydrogen-bond donors (Lipinski definition) is 1. The van der Waals surface area contributed by atoms with Crippen molar-refractivity contribution in [3.8, 4) is 0 Å². The first kappa shape index (κ1) is 14.0. The molecule has 1 unspecified atom stereocenters. The zero-order chi connectivity index (χ0) is 14.0. The molecule has 1 aromatic heterocycles. The summed E-state index contributed by atoms with van der Waals surface area (Å²) in [4.78, 5) is 12.3. The predicted molar refractivity (Wildman–Crippen MR) is 69.8 cm³/mol. The Kier molecular flexibility index (Phi) is 3.86. The summed E-state index contributed by atoms with van der Waals surface area (Å²) in [7, 11) is 0. The highest BCUT2D eigenvalue weighted by atomic mass is 16.6. The molecule has 2 rings (SSSR count). The van der Waals surface area contributed by atoms with Crippen LogP contribution in [0.1, 0.15) is 26.7 Å². The van der Waals surface area contributed by atoms with Gasteiger partial charge in [-0.1, -0.05) is 0 Å². The number of nitro groups is 1. The van der Waals surface area contributed by atoms with Crippen LogP contribution in [0.5, 0.6) is 0 Å². The van der Waals surface area contributed by atoms with Gasteiger partial charge in [0, 0.05) is 12.6 Å². The Labute approximate surface area is 112 Å². The van der Waals surface area contributed by atoms with Gasteiger partial charge in [0.2, 0.25) is 0 Å². The van der Waals surface area contributed by atoms with Gasteiger partial charge < -0.3 is 15.2 Å². The summed E-state index contributed by atoms with van der Waals surface area (Å²) >= 11 is 0. The maximum absolute atomic E-state index is 10.5. The number of rotatable bonds is 5. The first-order valence-corrected chi connectivity index (χ1v) is 6.52. The van der Waals surface area contributed by atoms with Crippen LogP contribution in [-0.4, -0.2) is 49.4 Å². The van der Waals surface area contributed by atoms with Gasteiger partial charge in [0.1, 0.15) is 0 Å². The molecule has 2 heterocycles. The first-order valence-electron chi connectivity index (χ1n) is 6.52. The van der Waals surface area contributed by atoms with Crippen molar-refractivity contribution in [3.63, 3.8) is 0 Å². The van der Waals surface area contributed by atoms with Crippen molar-refractivity contribution >= 4 is 5.82 Å². The fraction of sp³-hybridized carbons (Fsp3) is 0.750. The SMILES string of the molecule is CC(C)(O)C1CCCN1CCn1ccc([N+](=O)[O-])n1. The summed E-state index contributed by atoms with van der Waals surface area (Å²) in [5.41, 5.74) is -0.716. The average molecular weight is 268 g/mol. The second-order valence-electron chi connectivity index (χ2n) is 5.54. The molecule has 0 bridgehead atoms. The van der Waals surface area contributed by atoms with E-state index in [4.69, 9.17) is 0 Å². The summed E-state index contributed by atoms with van der Waals surface area (Å²) in [6.45, 7) is 5.95. The zero-order valence-corrected chi connectivity index (χ0v) is 11.3. The van der Waals surface area contributed by atoms with E-state index < -0.39 is 10.5 Å². The number of nitrogens with zero attached hydrogens (tertiary/aromatic N) is 4. The molecular formula is C12H20N4O3. The van der Waals surface area contributed by atoms with Crippen LogP contribution in [0.15, 0.2) is 12.3 Å². The van der Waals surface area contributed by atoms with E-state index in [0.29, 0.717) is 6.54 Å². The predicted octanol–water partition coefficient (Wildman–Crippen LogP) is 1.03. The highest BCUT2D eigenvalue weighted by molar-refractivity contribution is 5.13. The smallest absolute Gasteiger partial charge is 0.389 e. The minimum atomic E-state index is -0.716. The summed E-state index contributed by atoms with van der Waals surface area (Å²) in [6.07, 6.45) is 3.68. The van der Waals surface area contributed by atoms with Crippen LogP contribution < -0.4 is 0 Å². The van der Waals surface area contributed by atoms with E-state index in [1.54, 1.807) is 10.9 Å². The Hall–Kier alpha value is -1.47. The minimum Gasteiger partial charge on any atom is -0.389 e. The van der Waals surface area contributed by atoms with Crippen LogP contribution in [0.4, 0.5) is 5.82 Å². The lowest BCUT2D eigenvalue weighted by atomic mass is 9.97. The van der Waals surface area contributed by atoms with Gasteiger partial charge in [-0.05, 0) is 38.2 Å². The van der Waals surface area contributed by atoms with Gasteiger partial charge in [0.05, 0.1) is 29.5 Å². The maximum Gasteiger partial charge on any atom is 0.389 e. The summed E-state index contributed by atoms with van der Waals surface area (Å²) in [5.74, 6) is -0.125. The normalized spacial score (nSPS) is 20.9. The molecule has 7 nitrogen and oxygen atoms in total. The molecule has 1 aliphatic heterocycles. The van der Waals surface area contributed by atoms with Crippen molar-refractivity contribution in [2.75, 3.05) is 13.1 Å². The molecule has 1 fully saturated rings. The third kappa shape index (κ3) is 3.30. The second kappa shape index (κ2) is 5.26. The number of aliphatic hydroxyl groups is 1. The van der Waals surface area contributed by atoms with Gasteiger partial charge in [-0.25, -0.2) is 0 Å². The molecule has 106 valence electrons. The Morgan fingerprint density at radius 3 is 2.89 bits per heavy atom. The lowest BCUT2D eigenvalue weighted by molar-refractivity contribution is -0.389. The van der Waals surface area contributed by atoms with Crippen LogP contribution in [0, 0.1) is 10.1 Å². The van der Waals surface area contributed by atoms with Gasteiger partial charge in [0.25, 0.3) is 0 Å². The Balaban J connectivity index is 1.92. The molecule has 1 saturated heterocycles. The zero-order valence-electron chi connectivity index (χ0n) is 11.3. The van der Waals surface area contributed by atoms with Crippen molar-refractivity contribution in [2.45, 2.75) is 44.9 Å². The first-order chi connectivity index (χ1) is 8.88. The second-order valence-corrected chi connectivity index (χ2v) is 5.54. The van der Waals surface area contributed by atoms with Gasteiger partial charge in [-0.3, -0.25) is 4.90 Å². The topological polar surface area (TPSA) is 84.4 Å². The monoisotopic (exact) mass is 268 g/mol. The van der Waals surface area contributed by atoms with Crippen LogP contribution in [0.3, 0.4) is 0 Å². The van der Waals surface area contributed by atoms with Gasteiger partial charge in [0.15, 0.2) is 0 Å². The molecule has 0 amide bonds. The van der Waals surface area contributed by atoms with E-state index in [0.717, 1.165) is 25.9 Å². The molecular weight excluding hydrogens is 248 g/mol. The Morgan fingerprint density at radius 2 is 2.32 bits per heavy atom. The molecule has 1 N–H and O–H groups in total. The van der Waals surface area contributed by atoms with Crippen LogP contribution in [-0.2, 0) is 6.54 Å². The fourth-order valence-corrected chi connectivity index (χ4v) is 2.70. The summed E-state index contributed by atoms with van der Waals surface area (Å²) < 4.78 is 1.58. The van der Waals surface area contributed by atoms with Crippen molar-refractivity contribution in [1.82, 2.24) is 14.7 Å². The maximum atomic E-state index is 10.5. The third-order valence-corrected chi connectivity index (χ3v) is 3.61.